The summed E-state index contributed by atoms with van der Waals surface area (Å²) in [5, 5.41) is 10.2. The van der Waals surface area contributed by atoms with E-state index in [2.05, 4.69) is 9.97 Å². The summed E-state index contributed by atoms with van der Waals surface area (Å²) in [7, 11) is 1.62. The number of hydrogen-bond acceptors (Lipinski definition) is 4. The third kappa shape index (κ3) is 2.31. The van der Waals surface area contributed by atoms with Gasteiger partial charge in [-0.15, -0.1) is 0 Å². The largest absolute Gasteiger partial charge is 0.496 e. The lowest BCUT2D eigenvalue weighted by atomic mass is 10.2. The van der Waals surface area contributed by atoms with Gasteiger partial charge in [-0.1, -0.05) is 6.07 Å². The SMILES string of the molecule is COc1cccc2c1ccn2Cc1ncncc1C(=O)O. The maximum absolute atomic E-state index is 11.2. The van der Waals surface area contributed by atoms with Crippen LogP contribution in [0.5, 0.6) is 5.75 Å². The minimum Gasteiger partial charge on any atom is -0.496 e. The Morgan fingerprint density at radius 3 is 3.00 bits per heavy atom. The number of ether oxygens (including phenoxy) is 1. The van der Waals surface area contributed by atoms with E-state index >= 15 is 0 Å². The van der Waals surface area contributed by atoms with Crippen LogP contribution in [0.4, 0.5) is 0 Å². The molecule has 0 saturated carbocycles. The van der Waals surface area contributed by atoms with Crippen molar-refractivity contribution in [2.24, 2.45) is 0 Å². The maximum atomic E-state index is 11.2. The number of rotatable bonds is 4. The molecule has 0 radical (unpaired) electrons. The molecule has 3 aromatic rings. The van der Waals surface area contributed by atoms with Crippen LogP contribution in [0.15, 0.2) is 43.0 Å². The van der Waals surface area contributed by atoms with Gasteiger partial charge in [0, 0.05) is 17.8 Å². The van der Waals surface area contributed by atoms with Crippen LogP contribution in [-0.4, -0.2) is 32.7 Å². The van der Waals surface area contributed by atoms with Crippen molar-refractivity contribution in [2.75, 3.05) is 7.11 Å². The summed E-state index contributed by atoms with van der Waals surface area (Å²) in [6, 6.07) is 7.69. The summed E-state index contributed by atoms with van der Waals surface area (Å²) in [4.78, 5) is 19.0. The van der Waals surface area contributed by atoms with Crippen LogP contribution in [0.25, 0.3) is 10.9 Å². The second-order valence-corrected chi connectivity index (χ2v) is 4.52. The molecular weight excluding hydrogens is 270 g/mol. The first-order valence-electron chi connectivity index (χ1n) is 6.34. The van der Waals surface area contributed by atoms with Crippen LogP contribution in [0.2, 0.25) is 0 Å². The molecule has 1 N–H and O–H groups in total. The van der Waals surface area contributed by atoms with Gasteiger partial charge in [0.25, 0.3) is 0 Å². The number of benzene rings is 1. The van der Waals surface area contributed by atoms with Crippen LogP contribution in [-0.2, 0) is 6.54 Å². The number of hydrogen-bond donors (Lipinski definition) is 1. The minimum atomic E-state index is -1.03. The van der Waals surface area contributed by atoms with E-state index in [1.54, 1.807) is 7.11 Å². The zero-order valence-electron chi connectivity index (χ0n) is 11.4. The van der Waals surface area contributed by atoms with Gasteiger partial charge in [-0.25, -0.2) is 14.8 Å². The molecule has 6 heteroatoms. The average Bonchev–Trinajstić information content (AvgIpc) is 2.91. The minimum absolute atomic E-state index is 0.113. The Morgan fingerprint density at radius 2 is 2.24 bits per heavy atom. The summed E-state index contributed by atoms with van der Waals surface area (Å²) in [6.07, 6.45) is 4.56. The highest BCUT2D eigenvalue weighted by molar-refractivity contribution is 5.89. The molecule has 6 nitrogen and oxygen atoms in total. The molecule has 0 atom stereocenters. The van der Waals surface area contributed by atoms with Gasteiger partial charge in [-0.2, -0.15) is 0 Å². The summed E-state index contributed by atoms with van der Waals surface area (Å²) in [5.41, 5.74) is 1.55. The van der Waals surface area contributed by atoms with Gasteiger partial charge in [0.1, 0.15) is 17.6 Å². The molecule has 1 aromatic carbocycles. The molecule has 0 amide bonds. The number of carboxylic acids is 1. The van der Waals surface area contributed by atoms with Crippen molar-refractivity contribution in [3.63, 3.8) is 0 Å². The normalized spacial score (nSPS) is 10.7. The first kappa shape index (κ1) is 13.1. The number of fused-ring (bicyclic) bond motifs is 1. The zero-order chi connectivity index (χ0) is 14.8. The number of aromatic nitrogens is 3. The van der Waals surface area contributed by atoms with Crippen molar-refractivity contribution in [1.29, 1.82) is 0 Å². The molecule has 0 unspecified atom stereocenters. The molecule has 2 aromatic heterocycles. The fraction of sp³-hybridized carbons (Fsp3) is 0.133. The molecule has 2 heterocycles. The summed E-state index contributed by atoms with van der Waals surface area (Å²) < 4.78 is 7.26. The molecule has 106 valence electrons. The number of nitrogens with zero attached hydrogens (tertiary/aromatic N) is 3. The highest BCUT2D eigenvalue weighted by atomic mass is 16.5. The van der Waals surface area contributed by atoms with Crippen molar-refractivity contribution < 1.29 is 14.6 Å². The van der Waals surface area contributed by atoms with Crippen LogP contribution >= 0.6 is 0 Å². The van der Waals surface area contributed by atoms with E-state index in [1.807, 2.05) is 35.0 Å². The molecule has 3 rings (SSSR count). The van der Waals surface area contributed by atoms with Gasteiger partial charge in [-0.05, 0) is 18.2 Å². The van der Waals surface area contributed by atoms with Crippen LogP contribution in [0.3, 0.4) is 0 Å². The van der Waals surface area contributed by atoms with Crippen molar-refractivity contribution >= 4 is 16.9 Å². The number of methoxy groups -OCH3 is 1. The maximum Gasteiger partial charge on any atom is 0.339 e. The number of aromatic carboxylic acids is 1. The fourth-order valence-electron chi connectivity index (χ4n) is 2.33. The van der Waals surface area contributed by atoms with E-state index in [0.717, 1.165) is 16.7 Å². The molecule has 0 spiro atoms. The molecule has 0 bridgehead atoms. The molecule has 0 fully saturated rings. The van der Waals surface area contributed by atoms with E-state index in [4.69, 9.17) is 4.74 Å². The molecule has 21 heavy (non-hydrogen) atoms. The number of carbonyl (C=O) groups is 1. The standard InChI is InChI=1S/C15H13N3O3/c1-21-14-4-2-3-13-10(14)5-6-18(13)8-12-11(15(19)20)7-16-9-17-12/h2-7,9H,8H2,1H3,(H,19,20). The lowest BCUT2D eigenvalue weighted by Crippen LogP contribution is -2.09. The van der Waals surface area contributed by atoms with Gasteiger partial charge >= 0.3 is 5.97 Å². The summed E-state index contributed by atoms with van der Waals surface area (Å²) in [5.74, 6) is -0.243. The van der Waals surface area contributed by atoms with Crippen molar-refractivity contribution in [2.45, 2.75) is 6.54 Å². The van der Waals surface area contributed by atoms with E-state index in [0.29, 0.717) is 12.2 Å². The topological polar surface area (TPSA) is 77.2 Å². The first-order valence-corrected chi connectivity index (χ1v) is 6.34. The Hall–Kier alpha value is -2.89. The quantitative estimate of drug-likeness (QED) is 0.794. The van der Waals surface area contributed by atoms with Gasteiger partial charge in [0.05, 0.1) is 24.9 Å². The molecule has 0 aliphatic rings. The van der Waals surface area contributed by atoms with E-state index in [-0.39, 0.29) is 5.56 Å². The van der Waals surface area contributed by atoms with Gasteiger partial charge in [0.2, 0.25) is 0 Å². The van der Waals surface area contributed by atoms with E-state index < -0.39 is 5.97 Å². The molecule has 0 saturated heterocycles. The van der Waals surface area contributed by atoms with E-state index in [1.165, 1.54) is 12.5 Å². The Bertz CT molecular complexity index is 811. The smallest absolute Gasteiger partial charge is 0.339 e. The lowest BCUT2D eigenvalue weighted by molar-refractivity contribution is 0.0694. The van der Waals surface area contributed by atoms with Crippen LogP contribution in [0, 0.1) is 0 Å². The Labute approximate surface area is 120 Å². The fourth-order valence-corrected chi connectivity index (χ4v) is 2.33. The molecular formula is C15H13N3O3. The highest BCUT2D eigenvalue weighted by Gasteiger charge is 2.13. The van der Waals surface area contributed by atoms with Crippen LogP contribution in [0.1, 0.15) is 16.1 Å². The molecule has 0 aliphatic carbocycles. The van der Waals surface area contributed by atoms with Gasteiger partial charge in [0.15, 0.2) is 0 Å². The summed E-state index contributed by atoms with van der Waals surface area (Å²) >= 11 is 0. The number of carboxylic acid groups (broad SMARTS) is 1. The third-order valence-electron chi connectivity index (χ3n) is 3.34. The third-order valence-corrected chi connectivity index (χ3v) is 3.34. The van der Waals surface area contributed by atoms with Gasteiger partial charge < -0.3 is 14.4 Å². The predicted molar refractivity (Wildman–Crippen MR) is 76.6 cm³/mol. The Balaban J connectivity index is 2.05. The Kier molecular flexibility index (Phi) is 3.27. The second-order valence-electron chi connectivity index (χ2n) is 4.52. The second kappa shape index (κ2) is 5.24. The molecule has 0 aliphatic heterocycles. The van der Waals surface area contributed by atoms with Gasteiger partial charge in [-0.3, -0.25) is 0 Å². The van der Waals surface area contributed by atoms with Crippen molar-refractivity contribution in [1.82, 2.24) is 14.5 Å². The van der Waals surface area contributed by atoms with Crippen molar-refractivity contribution in [3.8, 4) is 5.75 Å². The average molecular weight is 283 g/mol. The predicted octanol–water partition coefficient (Wildman–Crippen LogP) is 2.19. The Morgan fingerprint density at radius 1 is 1.38 bits per heavy atom. The summed E-state index contributed by atoms with van der Waals surface area (Å²) in [6.45, 7) is 0.362. The highest BCUT2D eigenvalue weighted by Crippen LogP contribution is 2.26. The monoisotopic (exact) mass is 283 g/mol. The zero-order valence-corrected chi connectivity index (χ0v) is 11.4. The van der Waals surface area contributed by atoms with Crippen molar-refractivity contribution in [3.05, 3.63) is 54.2 Å². The first-order chi connectivity index (χ1) is 10.2. The van der Waals surface area contributed by atoms with E-state index in [9.17, 15) is 9.90 Å². The van der Waals surface area contributed by atoms with Crippen LogP contribution < -0.4 is 4.74 Å². The lowest BCUT2D eigenvalue weighted by Gasteiger charge is -2.08.